The van der Waals surface area contributed by atoms with E-state index in [-0.39, 0.29) is 18.0 Å². The summed E-state index contributed by atoms with van der Waals surface area (Å²) in [6.45, 7) is 10.00. The first-order valence-electron chi connectivity index (χ1n) is 7.41. The van der Waals surface area contributed by atoms with E-state index >= 15 is 0 Å². The summed E-state index contributed by atoms with van der Waals surface area (Å²) >= 11 is 0. The highest BCUT2D eigenvalue weighted by molar-refractivity contribution is 5.69. The molecule has 0 rings (SSSR count). The monoisotopic (exact) mass is 273 g/mol. The van der Waals surface area contributed by atoms with Crippen LogP contribution in [0.5, 0.6) is 0 Å². The second kappa shape index (κ2) is 10.2. The number of carbonyl (C=O) groups is 1. The van der Waals surface area contributed by atoms with Gasteiger partial charge in [0.05, 0.1) is 6.61 Å². The summed E-state index contributed by atoms with van der Waals surface area (Å²) < 4.78 is 4.88. The molecule has 1 unspecified atom stereocenters. The number of esters is 1. The highest BCUT2D eigenvalue weighted by Gasteiger charge is 2.22. The average Bonchev–Trinajstić information content (AvgIpc) is 2.31. The summed E-state index contributed by atoms with van der Waals surface area (Å²) in [4.78, 5) is 11.1. The van der Waals surface area contributed by atoms with Crippen LogP contribution in [0.25, 0.3) is 0 Å². The summed E-state index contributed by atoms with van der Waals surface area (Å²) in [5.41, 5.74) is 0.160. The van der Waals surface area contributed by atoms with Gasteiger partial charge in [-0.1, -0.05) is 27.2 Å². The van der Waals surface area contributed by atoms with Crippen molar-refractivity contribution in [3.63, 3.8) is 0 Å². The smallest absolute Gasteiger partial charge is 0.305 e. The van der Waals surface area contributed by atoms with Crippen molar-refractivity contribution < 1.29 is 14.6 Å². The van der Waals surface area contributed by atoms with Gasteiger partial charge in [-0.15, -0.1) is 0 Å². The SMILES string of the molecule is CCOC(=O)CCCCCNC(CCO)C(C)(C)C. The van der Waals surface area contributed by atoms with Crippen molar-refractivity contribution in [1.82, 2.24) is 5.32 Å². The van der Waals surface area contributed by atoms with Crippen LogP contribution in [-0.2, 0) is 9.53 Å². The number of unbranched alkanes of at least 4 members (excludes halogenated alkanes) is 2. The molecular formula is C15H31NO3. The summed E-state index contributed by atoms with van der Waals surface area (Å²) in [5.74, 6) is -0.0942. The molecule has 0 radical (unpaired) electrons. The first-order chi connectivity index (χ1) is 8.91. The largest absolute Gasteiger partial charge is 0.466 e. The molecule has 114 valence electrons. The summed E-state index contributed by atoms with van der Waals surface area (Å²) in [7, 11) is 0. The fourth-order valence-electron chi connectivity index (χ4n) is 2.05. The number of carbonyl (C=O) groups excluding carboxylic acids is 1. The van der Waals surface area contributed by atoms with E-state index in [1.165, 1.54) is 0 Å². The number of ether oxygens (including phenoxy) is 1. The fourth-order valence-corrected chi connectivity index (χ4v) is 2.05. The van der Waals surface area contributed by atoms with E-state index in [0.29, 0.717) is 19.1 Å². The van der Waals surface area contributed by atoms with Crippen LogP contribution in [0, 0.1) is 5.41 Å². The maximum absolute atomic E-state index is 11.1. The molecule has 0 aromatic rings. The molecular weight excluding hydrogens is 242 g/mol. The lowest BCUT2D eigenvalue weighted by molar-refractivity contribution is -0.143. The zero-order chi connectivity index (χ0) is 14.7. The minimum Gasteiger partial charge on any atom is -0.466 e. The van der Waals surface area contributed by atoms with Gasteiger partial charge >= 0.3 is 5.97 Å². The maximum atomic E-state index is 11.1. The van der Waals surface area contributed by atoms with Crippen molar-refractivity contribution >= 4 is 5.97 Å². The maximum Gasteiger partial charge on any atom is 0.305 e. The second-order valence-electron chi connectivity index (χ2n) is 6.00. The molecule has 0 heterocycles. The van der Waals surface area contributed by atoms with Gasteiger partial charge in [0.15, 0.2) is 0 Å². The van der Waals surface area contributed by atoms with Gasteiger partial charge in [0.1, 0.15) is 0 Å². The number of aliphatic hydroxyl groups excluding tert-OH is 1. The first-order valence-corrected chi connectivity index (χ1v) is 7.41. The van der Waals surface area contributed by atoms with Crippen molar-refractivity contribution in [3.05, 3.63) is 0 Å². The molecule has 0 amide bonds. The quantitative estimate of drug-likeness (QED) is 0.474. The van der Waals surface area contributed by atoms with Crippen LogP contribution in [0.1, 0.15) is 59.8 Å². The second-order valence-corrected chi connectivity index (χ2v) is 6.00. The molecule has 4 nitrogen and oxygen atoms in total. The van der Waals surface area contributed by atoms with Crippen molar-refractivity contribution in [3.8, 4) is 0 Å². The molecule has 2 N–H and O–H groups in total. The van der Waals surface area contributed by atoms with Crippen LogP contribution in [0.2, 0.25) is 0 Å². The van der Waals surface area contributed by atoms with Gasteiger partial charge in [-0.3, -0.25) is 4.79 Å². The third kappa shape index (κ3) is 9.91. The molecule has 0 aliphatic heterocycles. The Morgan fingerprint density at radius 2 is 1.95 bits per heavy atom. The van der Waals surface area contributed by atoms with Crippen LogP contribution >= 0.6 is 0 Å². The highest BCUT2D eigenvalue weighted by Crippen LogP contribution is 2.21. The van der Waals surface area contributed by atoms with E-state index in [4.69, 9.17) is 9.84 Å². The van der Waals surface area contributed by atoms with Crippen LogP contribution < -0.4 is 5.32 Å². The van der Waals surface area contributed by atoms with Gasteiger partial charge in [0.25, 0.3) is 0 Å². The number of hydrogen-bond acceptors (Lipinski definition) is 4. The zero-order valence-electron chi connectivity index (χ0n) is 13.0. The average molecular weight is 273 g/mol. The van der Waals surface area contributed by atoms with Crippen LogP contribution in [-0.4, -0.2) is 36.9 Å². The van der Waals surface area contributed by atoms with Crippen molar-refractivity contribution in [2.45, 2.75) is 65.8 Å². The molecule has 0 saturated heterocycles. The zero-order valence-corrected chi connectivity index (χ0v) is 13.0. The number of hydrogen-bond donors (Lipinski definition) is 2. The van der Waals surface area contributed by atoms with E-state index in [1.54, 1.807) is 0 Å². The fraction of sp³-hybridized carbons (Fsp3) is 0.933. The Hall–Kier alpha value is -0.610. The predicted molar refractivity (Wildman–Crippen MR) is 78.0 cm³/mol. The Kier molecular flexibility index (Phi) is 9.88. The van der Waals surface area contributed by atoms with E-state index < -0.39 is 0 Å². The van der Waals surface area contributed by atoms with E-state index in [2.05, 4.69) is 26.1 Å². The Morgan fingerprint density at radius 1 is 1.26 bits per heavy atom. The number of rotatable bonds is 10. The van der Waals surface area contributed by atoms with Crippen molar-refractivity contribution in [2.75, 3.05) is 19.8 Å². The van der Waals surface area contributed by atoms with Crippen LogP contribution in [0.3, 0.4) is 0 Å². The van der Waals surface area contributed by atoms with E-state index in [1.807, 2.05) is 6.92 Å². The molecule has 19 heavy (non-hydrogen) atoms. The lowest BCUT2D eigenvalue weighted by Crippen LogP contribution is -2.41. The van der Waals surface area contributed by atoms with Gasteiger partial charge in [-0.05, 0) is 38.1 Å². The summed E-state index contributed by atoms with van der Waals surface area (Å²) in [6.07, 6.45) is 4.28. The van der Waals surface area contributed by atoms with Gasteiger partial charge in [0, 0.05) is 19.1 Å². The Morgan fingerprint density at radius 3 is 2.47 bits per heavy atom. The molecule has 0 aliphatic rings. The molecule has 4 heteroatoms. The third-order valence-corrected chi connectivity index (χ3v) is 3.22. The molecule has 0 spiro atoms. The first kappa shape index (κ1) is 18.4. The third-order valence-electron chi connectivity index (χ3n) is 3.22. The molecule has 0 bridgehead atoms. The topological polar surface area (TPSA) is 58.6 Å². The standard InChI is InChI=1S/C15H31NO3/c1-5-19-14(18)9-7-6-8-11-16-13(10-12-17)15(2,3)4/h13,16-17H,5-12H2,1-4H3. The Balaban J connectivity index is 3.63. The van der Waals surface area contributed by atoms with Crippen molar-refractivity contribution in [1.29, 1.82) is 0 Å². The molecule has 0 saturated carbocycles. The normalized spacial score (nSPS) is 13.3. The van der Waals surface area contributed by atoms with Crippen molar-refractivity contribution in [2.24, 2.45) is 5.41 Å². The Bertz CT molecular complexity index is 236. The lowest BCUT2D eigenvalue weighted by Gasteiger charge is -2.31. The van der Waals surface area contributed by atoms with Gasteiger partial charge in [0.2, 0.25) is 0 Å². The van der Waals surface area contributed by atoms with E-state index in [9.17, 15) is 4.79 Å². The van der Waals surface area contributed by atoms with Gasteiger partial charge in [-0.2, -0.15) is 0 Å². The molecule has 0 aromatic heterocycles. The molecule has 0 aromatic carbocycles. The van der Waals surface area contributed by atoms with Gasteiger partial charge < -0.3 is 15.2 Å². The molecule has 1 atom stereocenters. The van der Waals surface area contributed by atoms with Crippen LogP contribution in [0.4, 0.5) is 0 Å². The van der Waals surface area contributed by atoms with E-state index in [0.717, 1.165) is 32.2 Å². The lowest BCUT2D eigenvalue weighted by atomic mass is 9.85. The van der Waals surface area contributed by atoms with Gasteiger partial charge in [-0.25, -0.2) is 0 Å². The number of nitrogens with one attached hydrogen (secondary N) is 1. The molecule has 0 fully saturated rings. The van der Waals surface area contributed by atoms with Crippen LogP contribution in [0.15, 0.2) is 0 Å². The predicted octanol–water partition coefficient (Wildman–Crippen LogP) is 2.50. The summed E-state index contributed by atoms with van der Waals surface area (Å²) in [5, 5.41) is 12.6. The minimum absolute atomic E-state index is 0.0942. The highest BCUT2D eigenvalue weighted by atomic mass is 16.5. The summed E-state index contributed by atoms with van der Waals surface area (Å²) in [6, 6.07) is 0.336. The minimum atomic E-state index is -0.0942. The Labute approximate surface area is 117 Å². The molecule has 0 aliphatic carbocycles. The number of aliphatic hydroxyl groups is 1.